The van der Waals surface area contributed by atoms with E-state index in [0.717, 1.165) is 63.2 Å². The van der Waals surface area contributed by atoms with Crippen molar-refractivity contribution in [1.82, 2.24) is 24.8 Å². The number of pyridine rings is 1. The molecule has 3 aromatic rings. The number of benzene rings is 1. The van der Waals surface area contributed by atoms with Gasteiger partial charge in [-0.2, -0.15) is 0 Å². The maximum atomic E-state index is 12.8. The topological polar surface area (TPSA) is 125 Å². The van der Waals surface area contributed by atoms with E-state index in [2.05, 4.69) is 61.6 Å². The van der Waals surface area contributed by atoms with Crippen LogP contribution in [0.2, 0.25) is 0 Å². The maximum absolute atomic E-state index is 12.8. The Morgan fingerprint density at radius 3 is 2.22 bits per heavy atom. The first-order chi connectivity index (χ1) is 23.8. The van der Waals surface area contributed by atoms with Crippen molar-refractivity contribution in [1.29, 1.82) is 0 Å². The lowest BCUT2D eigenvalue weighted by Crippen LogP contribution is -2.63. The van der Waals surface area contributed by atoms with Crippen molar-refractivity contribution in [3.8, 4) is 11.4 Å². The number of aromatic nitrogens is 3. The van der Waals surface area contributed by atoms with Gasteiger partial charge in [0.05, 0.1) is 18.9 Å². The van der Waals surface area contributed by atoms with Crippen molar-refractivity contribution in [3.05, 3.63) is 53.9 Å². The standard InChI is InChI=1S/C38H51N9O2/c1-26-4-3-17-40-31(26)32-35(42-28-9-13-38(14-10-28)24-49-25-38)44-36(33(43-32)34(39)48)41-27-5-7-29(8-6-27)46-18-11-30(12-19-46)47-22-37(23-47)15-20-45(2)21-16-37/h3-8,17,28,30H,9-16,18-25H2,1-2H3,(H2,39,48)(H2,41,42,44). The molecule has 0 radical (unpaired) electrons. The molecule has 5 aliphatic rings. The van der Waals surface area contributed by atoms with E-state index < -0.39 is 5.91 Å². The molecule has 11 heteroatoms. The van der Waals surface area contributed by atoms with Gasteiger partial charge in [-0.1, -0.05) is 6.07 Å². The molecule has 4 N–H and O–H groups in total. The summed E-state index contributed by atoms with van der Waals surface area (Å²) < 4.78 is 5.54. The number of ether oxygens (including phenoxy) is 1. The van der Waals surface area contributed by atoms with Gasteiger partial charge in [0.25, 0.3) is 5.91 Å². The van der Waals surface area contributed by atoms with Gasteiger partial charge < -0.3 is 30.9 Å². The third-order valence-electron chi connectivity index (χ3n) is 12.2. The fourth-order valence-electron chi connectivity index (χ4n) is 8.81. The van der Waals surface area contributed by atoms with Gasteiger partial charge in [0.15, 0.2) is 17.3 Å². The number of nitrogens with one attached hydrogen (secondary N) is 2. The van der Waals surface area contributed by atoms with Crippen LogP contribution in [0.1, 0.15) is 67.4 Å². The van der Waals surface area contributed by atoms with Crippen molar-refractivity contribution in [2.24, 2.45) is 16.6 Å². The number of likely N-dealkylation sites (tertiary alicyclic amines) is 2. The van der Waals surface area contributed by atoms with E-state index in [1.165, 1.54) is 57.5 Å². The number of rotatable bonds is 8. The predicted octanol–water partition coefficient (Wildman–Crippen LogP) is 5.06. The van der Waals surface area contributed by atoms with Gasteiger partial charge in [0, 0.05) is 61.2 Å². The van der Waals surface area contributed by atoms with Gasteiger partial charge in [-0.25, -0.2) is 9.97 Å². The van der Waals surface area contributed by atoms with Crippen LogP contribution < -0.4 is 21.3 Å². The van der Waals surface area contributed by atoms with Crippen LogP contribution in [0.3, 0.4) is 0 Å². The third kappa shape index (κ3) is 6.60. The monoisotopic (exact) mass is 665 g/mol. The Morgan fingerprint density at radius 1 is 0.878 bits per heavy atom. The largest absolute Gasteiger partial charge is 0.380 e. The zero-order valence-electron chi connectivity index (χ0n) is 29.1. The van der Waals surface area contributed by atoms with Gasteiger partial charge in [-0.3, -0.25) is 14.7 Å². The number of carbonyl (C=O) groups is 1. The minimum atomic E-state index is -0.635. The van der Waals surface area contributed by atoms with Crippen LogP contribution in [0.15, 0.2) is 42.6 Å². The smallest absolute Gasteiger partial charge is 0.271 e. The summed E-state index contributed by atoms with van der Waals surface area (Å²) in [7, 11) is 2.25. The second-order valence-corrected chi connectivity index (χ2v) is 15.7. The second-order valence-electron chi connectivity index (χ2n) is 15.7. The molecule has 8 rings (SSSR count). The number of nitrogens with zero attached hydrogens (tertiary/aromatic N) is 6. The van der Waals surface area contributed by atoms with Crippen LogP contribution in [0.25, 0.3) is 11.4 Å². The molecule has 1 amide bonds. The fourth-order valence-corrected chi connectivity index (χ4v) is 8.81. The summed E-state index contributed by atoms with van der Waals surface area (Å²) >= 11 is 0. The average molecular weight is 666 g/mol. The van der Waals surface area contributed by atoms with Crippen LogP contribution in [0.4, 0.5) is 23.0 Å². The number of anilines is 4. The summed E-state index contributed by atoms with van der Waals surface area (Å²) in [5.41, 5.74) is 11.2. The molecule has 6 heterocycles. The Labute approximate surface area is 290 Å². The molecule has 1 saturated carbocycles. The highest BCUT2D eigenvalue weighted by Gasteiger charge is 2.47. The molecule has 49 heavy (non-hydrogen) atoms. The molecule has 0 bridgehead atoms. The molecule has 2 spiro atoms. The van der Waals surface area contributed by atoms with Gasteiger partial charge in [-0.15, -0.1) is 0 Å². The van der Waals surface area contributed by atoms with Crippen LogP contribution in [-0.2, 0) is 4.74 Å². The first kappa shape index (κ1) is 32.4. The lowest BCUT2D eigenvalue weighted by Gasteiger charge is -2.57. The van der Waals surface area contributed by atoms with E-state index >= 15 is 0 Å². The van der Waals surface area contributed by atoms with E-state index in [4.69, 9.17) is 20.4 Å². The zero-order valence-corrected chi connectivity index (χ0v) is 29.1. The number of hydrogen-bond acceptors (Lipinski definition) is 10. The number of amides is 1. The molecule has 5 fully saturated rings. The van der Waals surface area contributed by atoms with Gasteiger partial charge in [0.2, 0.25) is 0 Å². The number of primary amides is 1. The molecule has 260 valence electrons. The van der Waals surface area contributed by atoms with E-state index in [1.54, 1.807) is 6.20 Å². The van der Waals surface area contributed by atoms with Crippen molar-refractivity contribution in [2.75, 3.05) is 75.1 Å². The lowest BCUT2D eigenvalue weighted by atomic mass is 9.71. The summed E-state index contributed by atoms with van der Waals surface area (Å²) in [4.78, 5) is 34.9. The molecule has 1 aromatic carbocycles. The van der Waals surface area contributed by atoms with Crippen molar-refractivity contribution < 1.29 is 9.53 Å². The normalized spacial score (nSPS) is 22.9. The van der Waals surface area contributed by atoms with Gasteiger partial charge >= 0.3 is 0 Å². The minimum absolute atomic E-state index is 0.0963. The predicted molar refractivity (Wildman–Crippen MR) is 193 cm³/mol. The quantitative estimate of drug-likeness (QED) is 0.301. The molecule has 2 aromatic heterocycles. The first-order valence-corrected chi connectivity index (χ1v) is 18.3. The number of nitrogens with two attached hydrogens (primary N) is 1. The SMILES string of the molecule is Cc1cccnc1-c1nc(C(N)=O)c(Nc2ccc(N3CCC(N4CC5(CCN(C)CC5)C4)CC3)cc2)nc1NC1CCC2(CC1)COC2. The summed E-state index contributed by atoms with van der Waals surface area (Å²) in [5.74, 6) is 0.325. The number of hydrogen-bond donors (Lipinski definition) is 3. The molecule has 4 aliphatic heterocycles. The van der Waals surface area contributed by atoms with Crippen LogP contribution in [-0.4, -0.2) is 102 Å². The number of carbonyl (C=O) groups excluding carboxylic acids is 1. The Kier molecular flexibility index (Phi) is 8.70. The molecule has 11 nitrogen and oxygen atoms in total. The van der Waals surface area contributed by atoms with E-state index in [0.29, 0.717) is 39.9 Å². The highest BCUT2D eigenvalue weighted by molar-refractivity contribution is 5.97. The van der Waals surface area contributed by atoms with E-state index in [-0.39, 0.29) is 11.7 Å². The first-order valence-electron chi connectivity index (χ1n) is 18.3. The zero-order chi connectivity index (χ0) is 33.6. The van der Waals surface area contributed by atoms with Crippen molar-refractivity contribution in [2.45, 2.75) is 70.4 Å². The molecule has 4 saturated heterocycles. The Balaban J connectivity index is 0.954. The summed E-state index contributed by atoms with van der Waals surface area (Å²) in [6.07, 6.45) is 11.2. The van der Waals surface area contributed by atoms with Crippen LogP contribution in [0.5, 0.6) is 0 Å². The van der Waals surface area contributed by atoms with Crippen molar-refractivity contribution >= 4 is 28.9 Å². The summed E-state index contributed by atoms with van der Waals surface area (Å²) in [6.45, 7) is 10.9. The van der Waals surface area contributed by atoms with E-state index in [1.807, 2.05) is 19.1 Å². The van der Waals surface area contributed by atoms with Gasteiger partial charge in [-0.05, 0) is 120 Å². The van der Waals surface area contributed by atoms with E-state index in [9.17, 15) is 4.79 Å². The lowest BCUT2D eigenvalue weighted by molar-refractivity contribution is -0.131. The van der Waals surface area contributed by atoms with Crippen LogP contribution >= 0.6 is 0 Å². The molecular formula is C38H51N9O2. The molecule has 1 aliphatic carbocycles. The Morgan fingerprint density at radius 2 is 1.59 bits per heavy atom. The highest BCUT2D eigenvalue weighted by atomic mass is 16.5. The average Bonchev–Trinajstić information content (AvgIpc) is 3.08. The molecule has 0 atom stereocenters. The minimum Gasteiger partial charge on any atom is -0.380 e. The highest BCUT2D eigenvalue weighted by Crippen LogP contribution is 2.44. The number of piperidine rings is 2. The van der Waals surface area contributed by atoms with Crippen LogP contribution in [0, 0.1) is 17.8 Å². The van der Waals surface area contributed by atoms with Gasteiger partial charge in [0.1, 0.15) is 5.69 Å². The van der Waals surface area contributed by atoms with Crippen molar-refractivity contribution in [3.63, 3.8) is 0 Å². The maximum Gasteiger partial charge on any atom is 0.271 e. The summed E-state index contributed by atoms with van der Waals surface area (Å²) in [5, 5.41) is 7.06. The summed E-state index contributed by atoms with van der Waals surface area (Å²) in [6, 6.07) is 13.3. The molecule has 0 unspecified atom stereocenters. The third-order valence-corrected chi connectivity index (χ3v) is 12.2. The Hall–Kier alpha value is -3.80. The fraction of sp³-hybridized carbons (Fsp3) is 0.579. The Bertz CT molecular complexity index is 1640. The number of aryl methyl sites for hydroxylation is 1. The molecular weight excluding hydrogens is 614 g/mol. The second kappa shape index (κ2) is 13.2.